The molecule has 0 fully saturated rings. The summed E-state index contributed by atoms with van der Waals surface area (Å²) < 4.78 is 0.814. The fourth-order valence-corrected chi connectivity index (χ4v) is 1.93. The maximum atomic E-state index is 9.75. The van der Waals surface area contributed by atoms with Crippen LogP contribution in [-0.4, -0.2) is 22.9 Å². The van der Waals surface area contributed by atoms with Gasteiger partial charge in [-0.05, 0) is 24.1 Å². The molecule has 1 rings (SSSR count). The zero-order valence-electron chi connectivity index (χ0n) is 7.94. The molecule has 0 heterocycles. The highest BCUT2D eigenvalue weighted by Crippen LogP contribution is 2.25. The summed E-state index contributed by atoms with van der Waals surface area (Å²) in [5.74, 6) is 0. The molecule has 78 valence electrons. The first-order valence-electron chi connectivity index (χ1n) is 4.37. The Morgan fingerprint density at radius 2 is 2.14 bits per heavy atom. The van der Waals surface area contributed by atoms with E-state index in [1.165, 1.54) is 0 Å². The van der Waals surface area contributed by atoms with Crippen LogP contribution >= 0.6 is 15.9 Å². The van der Waals surface area contributed by atoms with Crippen LogP contribution < -0.4 is 5.73 Å². The first-order chi connectivity index (χ1) is 6.56. The SMILES string of the molecule is Cc1ccc(C(O)C(N)CO)c(Br)c1. The van der Waals surface area contributed by atoms with Gasteiger partial charge in [0.25, 0.3) is 0 Å². The van der Waals surface area contributed by atoms with Gasteiger partial charge in [-0.25, -0.2) is 0 Å². The van der Waals surface area contributed by atoms with Gasteiger partial charge in [-0.3, -0.25) is 0 Å². The van der Waals surface area contributed by atoms with Gasteiger partial charge in [-0.1, -0.05) is 28.1 Å². The van der Waals surface area contributed by atoms with E-state index in [2.05, 4.69) is 15.9 Å². The molecule has 0 aromatic heterocycles. The fourth-order valence-electron chi connectivity index (χ4n) is 1.20. The summed E-state index contributed by atoms with van der Waals surface area (Å²) in [5, 5.41) is 18.6. The van der Waals surface area contributed by atoms with Gasteiger partial charge in [-0.15, -0.1) is 0 Å². The molecule has 0 aliphatic carbocycles. The number of aryl methyl sites for hydroxylation is 1. The van der Waals surface area contributed by atoms with Crippen LogP contribution in [0.1, 0.15) is 17.2 Å². The van der Waals surface area contributed by atoms with Crippen LogP contribution in [-0.2, 0) is 0 Å². The van der Waals surface area contributed by atoms with E-state index < -0.39 is 12.1 Å². The lowest BCUT2D eigenvalue weighted by atomic mass is 10.0. The molecular formula is C10H14BrNO2. The summed E-state index contributed by atoms with van der Waals surface area (Å²) in [6.07, 6.45) is -0.838. The lowest BCUT2D eigenvalue weighted by Gasteiger charge is -2.18. The third-order valence-electron chi connectivity index (χ3n) is 2.09. The monoisotopic (exact) mass is 259 g/mol. The second-order valence-corrected chi connectivity index (χ2v) is 4.17. The van der Waals surface area contributed by atoms with Gasteiger partial charge in [0.05, 0.1) is 18.8 Å². The van der Waals surface area contributed by atoms with Gasteiger partial charge in [-0.2, -0.15) is 0 Å². The molecule has 0 bridgehead atoms. The van der Waals surface area contributed by atoms with E-state index in [1.54, 1.807) is 6.07 Å². The van der Waals surface area contributed by atoms with E-state index in [0.717, 1.165) is 10.0 Å². The van der Waals surface area contributed by atoms with Gasteiger partial charge in [0.2, 0.25) is 0 Å². The van der Waals surface area contributed by atoms with Crippen LogP contribution in [0.3, 0.4) is 0 Å². The summed E-state index contributed by atoms with van der Waals surface area (Å²) in [6, 6.07) is 4.96. The third kappa shape index (κ3) is 2.54. The fraction of sp³-hybridized carbons (Fsp3) is 0.400. The van der Waals surface area contributed by atoms with Crippen molar-refractivity contribution in [3.05, 3.63) is 33.8 Å². The van der Waals surface area contributed by atoms with Gasteiger partial charge in [0.15, 0.2) is 0 Å². The van der Waals surface area contributed by atoms with Crippen LogP contribution in [0.25, 0.3) is 0 Å². The van der Waals surface area contributed by atoms with E-state index in [1.807, 2.05) is 19.1 Å². The number of aliphatic hydroxyl groups is 2. The molecule has 4 N–H and O–H groups in total. The summed E-state index contributed by atoms with van der Waals surface area (Å²) in [5.41, 5.74) is 7.34. The standard InChI is InChI=1S/C10H14BrNO2/c1-6-2-3-7(8(11)4-6)10(14)9(12)5-13/h2-4,9-10,13-14H,5,12H2,1H3. The summed E-state index contributed by atoms with van der Waals surface area (Å²) in [6.45, 7) is 1.73. The Kier molecular flexibility index (Phi) is 4.07. The highest BCUT2D eigenvalue weighted by atomic mass is 79.9. The highest BCUT2D eigenvalue weighted by molar-refractivity contribution is 9.10. The van der Waals surface area contributed by atoms with Crippen LogP contribution in [0.15, 0.2) is 22.7 Å². The molecule has 0 aliphatic rings. The van der Waals surface area contributed by atoms with Crippen LogP contribution in [0, 0.1) is 6.92 Å². The number of aliphatic hydroxyl groups excluding tert-OH is 2. The van der Waals surface area contributed by atoms with E-state index in [4.69, 9.17) is 10.8 Å². The van der Waals surface area contributed by atoms with Crippen molar-refractivity contribution in [3.8, 4) is 0 Å². The molecule has 0 aliphatic heterocycles. The van der Waals surface area contributed by atoms with Crippen molar-refractivity contribution < 1.29 is 10.2 Å². The number of halogens is 1. The van der Waals surface area contributed by atoms with E-state index in [0.29, 0.717) is 5.56 Å². The minimum Gasteiger partial charge on any atom is -0.395 e. The molecule has 3 nitrogen and oxygen atoms in total. The van der Waals surface area contributed by atoms with E-state index >= 15 is 0 Å². The zero-order chi connectivity index (χ0) is 10.7. The molecule has 0 spiro atoms. The number of hydrogen-bond acceptors (Lipinski definition) is 3. The molecule has 0 amide bonds. The Bertz CT molecular complexity index is 317. The van der Waals surface area contributed by atoms with Crippen molar-refractivity contribution >= 4 is 15.9 Å². The Morgan fingerprint density at radius 1 is 1.50 bits per heavy atom. The molecule has 1 aromatic carbocycles. The molecule has 1 aromatic rings. The largest absolute Gasteiger partial charge is 0.395 e. The van der Waals surface area contributed by atoms with Crippen LogP contribution in [0.4, 0.5) is 0 Å². The van der Waals surface area contributed by atoms with Crippen LogP contribution in [0.5, 0.6) is 0 Å². The average Bonchev–Trinajstić information content (AvgIpc) is 2.15. The lowest BCUT2D eigenvalue weighted by molar-refractivity contribution is 0.109. The molecule has 0 saturated carbocycles. The van der Waals surface area contributed by atoms with Gasteiger partial charge < -0.3 is 15.9 Å². The zero-order valence-corrected chi connectivity index (χ0v) is 9.53. The Hall–Kier alpha value is -0.420. The molecular weight excluding hydrogens is 246 g/mol. The molecule has 0 saturated heterocycles. The predicted molar refractivity (Wildman–Crippen MR) is 58.9 cm³/mol. The molecule has 0 radical (unpaired) electrons. The maximum Gasteiger partial charge on any atom is 0.0974 e. The van der Waals surface area contributed by atoms with Gasteiger partial charge in [0, 0.05) is 4.47 Å². The number of hydrogen-bond donors (Lipinski definition) is 3. The van der Waals surface area contributed by atoms with Gasteiger partial charge >= 0.3 is 0 Å². The summed E-state index contributed by atoms with van der Waals surface area (Å²) in [7, 11) is 0. The Balaban J connectivity index is 2.95. The first kappa shape index (κ1) is 11.7. The number of nitrogens with two attached hydrogens (primary N) is 1. The topological polar surface area (TPSA) is 66.5 Å². The summed E-state index contributed by atoms with van der Waals surface area (Å²) in [4.78, 5) is 0. The minimum absolute atomic E-state index is 0.235. The molecule has 14 heavy (non-hydrogen) atoms. The second-order valence-electron chi connectivity index (χ2n) is 3.32. The number of rotatable bonds is 3. The normalized spacial score (nSPS) is 15.2. The van der Waals surface area contributed by atoms with Crippen molar-refractivity contribution in [3.63, 3.8) is 0 Å². The maximum absolute atomic E-state index is 9.75. The Labute approximate surface area is 91.7 Å². The quantitative estimate of drug-likeness (QED) is 0.762. The highest BCUT2D eigenvalue weighted by Gasteiger charge is 2.18. The Morgan fingerprint density at radius 3 is 2.64 bits per heavy atom. The van der Waals surface area contributed by atoms with E-state index in [9.17, 15) is 5.11 Å². The number of benzene rings is 1. The average molecular weight is 260 g/mol. The van der Waals surface area contributed by atoms with Gasteiger partial charge in [0.1, 0.15) is 0 Å². The van der Waals surface area contributed by atoms with Crippen molar-refractivity contribution in [2.75, 3.05) is 6.61 Å². The molecule has 2 atom stereocenters. The lowest BCUT2D eigenvalue weighted by Crippen LogP contribution is -2.32. The predicted octanol–water partition coefficient (Wildman–Crippen LogP) is 1.11. The van der Waals surface area contributed by atoms with E-state index in [-0.39, 0.29) is 6.61 Å². The van der Waals surface area contributed by atoms with Crippen molar-refractivity contribution in [2.24, 2.45) is 5.73 Å². The third-order valence-corrected chi connectivity index (χ3v) is 2.78. The minimum atomic E-state index is -0.838. The summed E-state index contributed by atoms with van der Waals surface area (Å²) >= 11 is 3.35. The van der Waals surface area contributed by atoms with Crippen molar-refractivity contribution in [2.45, 2.75) is 19.1 Å². The molecule has 2 unspecified atom stereocenters. The molecule has 4 heteroatoms. The smallest absolute Gasteiger partial charge is 0.0974 e. The second kappa shape index (κ2) is 4.89. The first-order valence-corrected chi connectivity index (χ1v) is 5.16. The van der Waals surface area contributed by atoms with Crippen LogP contribution in [0.2, 0.25) is 0 Å². The van der Waals surface area contributed by atoms with Crippen molar-refractivity contribution in [1.29, 1.82) is 0 Å². The van der Waals surface area contributed by atoms with Crippen molar-refractivity contribution in [1.82, 2.24) is 0 Å².